The maximum Gasteiger partial charge on any atom is 0.223 e. The van der Waals surface area contributed by atoms with Crippen molar-refractivity contribution in [3.05, 3.63) is 0 Å². The van der Waals surface area contributed by atoms with Gasteiger partial charge in [-0.3, -0.25) is 14.9 Å². The van der Waals surface area contributed by atoms with Gasteiger partial charge in [0.05, 0.1) is 11.9 Å². The SMILES string of the molecule is O=C(Cl)CC1NCSC1=O. The highest BCUT2D eigenvalue weighted by molar-refractivity contribution is 8.14. The summed E-state index contributed by atoms with van der Waals surface area (Å²) in [5, 5.41) is 2.39. The number of carbonyl (C=O) groups is 2. The van der Waals surface area contributed by atoms with E-state index in [0.29, 0.717) is 5.88 Å². The molecule has 1 atom stereocenters. The smallest absolute Gasteiger partial charge is 0.223 e. The summed E-state index contributed by atoms with van der Waals surface area (Å²) < 4.78 is 0. The molecule has 1 fully saturated rings. The Balaban J connectivity index is 2.40. The average molecular weight is 180 g/mol. The molecule has 0 aromatic rings. The van der Waals surface area contributed by atoms with Crippen LogP contribution in [0, 0.1) is 0 Å². The lowest BCUT2D eigenvalue weighted by atomic mass is 10.2. The first-order valence-electron chi connectivity index (χ1n) is 2.78. The summed E-state index contributed by atoms with van der Waals surface area (Å²) in [6, 6.07) is -0.352. The Bertz CT molecular complexity index is 173. The van der Waals surface area contributed by atoms with Gasteiger partial charge in [-0.25, -0.2) is 0 Å². The van der Waals surface area contributed by atoms with Crippen LogP contribution in [-0.2, 0) is 9.59 Å². The van der Waals surface area contributed by atoms with Gasteiger partial charge in [-0.15, -0.1) is 0 Å². The second-order valence-electron chi connectivity index (χ2n) is 1.92. The molecule has 0 spiro atoms. The molecule has 0 radical (unpaired) electrons. The molecule has 1 aliphatic heterocycles. The monoisotopic (exact) mass is 179 g/mol. The highest BCUT2D eigenvalue weighted by Crippen LogP contribution is 2.15. The van der Waals surface area contributed by atoms with Crippen molar-refractivity contribution in [2.75, 3.05) is 5.88 Å². The molecule has 1 heterocycles. The van der Waals surface area contributed by atoms with Crippen molar-refractivity contribution in [2.24, 2.45) is 0 Å². The van der Waals surface area contributed by atoms with Crippen LogP contribution in [0.25, 0.3) is 0 Å². The second kappa shape index (κ2) is 3.37. The predicted molar refractivity (Wildman–Crippen MR) is 39.9 cm³/mol. The largest absolute Gasteiger partial charge is 0.297 e. The molecule has 10 heavy (non-hydrogen) atoms. The van der Waals surface area contributed by atoms with Crippen molar-refractivity contribution >= 4 is 33.7 Å². The molecular weight excluding hydrogens is 174 g/mol. The molecule has 1 aliphatic rings. The number of carbonyl (C=O) groups excluding carboxylic acids is 2. The van der Waals surface area contributed by atoms with Crippen LogP contribution in [-0.4, -0.2) is 22.3 Å². The molecule has 0 aromatic carbocycles. The summed E-state index contributed by atoms with van der Waals surface area (Å²) in [4.78, 5) is 21.1. The van der Waals surface area contributed by atoms with Gasteiger partial charge < -0.3 is 0 Å². The maximum absolute atomic E-state index is 10.8. The number of halogens is 1. The quantitative estimate of drug-likeness (QED) is 0.621. The van der Waals surface area contributed by atoms with Gasteiger partial charge in [0.2, 0.25) is 10.4 Å². The molecule has 1 N–H and O–H groups in total. The zero-order chi connectivity index (χ0) is 7.56. The molecule has 1 rings (SSSR count). The first kappa shape index (κ1) is 8.04. The van der Waals surface area contributed by atoms with E-state index in [4.69, 9.17) is 11.6 Å². The van der Waals surface area contributed by atoms with E-state index < -0.39 is 5.24 Å². The Labute approximate surface area is 67.5 Å². The number of hydrogen-bond acceptors (Lipinski definition) is 4. The third-order valence-corrected chi connectivity index (χ3v) is 2.23. The van der Waals surface area contributed by atoms with Gasteiger partial charge in [-0.05, 0) is 11.6 Å². The van der Waals surface area contributed by atoms with Crippen LogP contribution in [0.3, 0.4) is 0 Å². The van der Waals surface area contributed by atoms with E-state index in [1.54, 1.807) is 0 Å². The number of rotatable bonds is 2. The topological polar surface area (TPSA) is 46.2 Å². The number of thioether (sulfide) groups is 1. The summed E-state index contributed by atoms with van der Waals surface area (Å²) in [6.07, 6.45) is 0.105. The van der Waals surface area contributed by atoms with Crippen LogP contribution in [0.15, 0.2) is 0 Å². The zero-order valence-corrected chi connectivity index (χ0v) is 6.67. The molecule has 1 unspecified atom stereocenters. The van der Waals surface area contributed by atoms with Crippen molar-refractivity contribution in [3.63, 3.8) is 0 Å². The first-order chi connectivity index (χ1) is 4.70. The third kappa shape index (κ3) is 1.97. The Morgan fingerprint density at radius 3 is 3.00 bits per heavy atom. The minimum Gasteiger partial charge on any atom is -0.297 e. The van der Waals surface area contributed by atoms with Crippen molar-refractivity contribution in [3.8, 4) is 0 Å². The first-order valence-corrected chi connectivity index (χ1v) is 4.15. The van der Waals surface area contributed by atoms with Crippen molar-refractivity contribution in [1.82, 2.24) is 5.32 Å². The molecule has 1 saturated heterocycles. The van der Waals surface area contributed by atoms with Gasteiger partial charge in [0.1, 0.15) is 0 Å². The van der Waals surface area contributed by atoms with Crippen LogP contribution in [0.4, 0.5) is 0 Å². The van der Waals surface area contributed by atoms with E-state index in [-0.39, 0.29) is 17.6 Å². The Kier molecular flexibility index (Phi) is 2.71. The Hall–Kier alpha value is -0.0600. The van der Waals surface area contributed by atoms with Gasteiger partial charge in [0, 0.05) is 6.42 Å². The number of hydrogen-bond donors (Lipinski definition) is 1. The summed E-state index contributed by atoms with van der Waals surface area (Å²) >= 11 is 6.27. The molecular formula is C5H6ClNO2S. The van der Waals surface area contributed by atoms with E-state index in [1.165, 1.54) is 11.8 Å². The molecule has 0 aliphatic carbocycles. The molecule has 3 nitrogen and oxygen atoms in total. The lowest BCUT2D eigenvalue weighted by molar-refractivity contribution is -0.117. The van der Waals surface area contributed by atoms with E-state index in [2.05, 4.69) is 5.32 Å². The number of nitrogens with one attached hydrogen (secondary N) is 1. The standard InChI is InChI=1S/C5H6ClNO2S/c6-4(8)1-3-5(9)10-2-7-3/h3,7H,1-2H2. The second-order valence-corrected chi connectivity index (χ2v) is 3.32. The molecule has 0 saturated carbocycles. The van der Waals surface area contributed by atoms with E-state index in [9.17, 15) is 9.59 Å². The summed E-state index contributed by atoms with van der Waals surface area (Å²) in [7, 11) is 0. The van der Waals surface area contributed by atoms with E-state index in [0.717, 1.165) is 0 Å². The predicted octanol–water partition coefficient (Wildman–Crippen LogP) is 0.331. The van der Waals surface area contributed by atoms with Crippen molar-refractivity contribution in [1.29, 1.82) is 0 Å². The van der Waals surface area contributed by atoms with Gasteiger partial charge in [-0.2, -0.15) is 0 Å². The molecule has 0 aromatic heterocycles. The lowest BCUT2D eigenvalue weighted by Crippen LogP contribution is -2.28. The van der Waals surface area contributed by atoms with Crippen LogP contribution in [0.5, 0.6) is 0 Å². The van der Waals surface area contributed by atoms with Gasteiger partial charge in [-0.1, -0.05) is 11.8 Å². The van der Waals surface area contributed by atoms with Gasteiger partial charge in [0.15, 0.2) is 0 Å². The normalized spacial score (nSPS) is 25.3. The van der Waals surface area contributed by atoms with Crippen molar-refractivity contribution < 1.29 is 9.59 Å². The lowest BCUT2D eigenvalue weighted by Gasteiger charge is -2.01. The Morgan fingerprint density at radius 1 is 1.90 bits per heavy atom. The summed E-state index contributed by atoms with van der Waals surface area (Å²) in [5.41, 5.74) is 0. The molecule has 5 heteroatoms. The highest BCUT2D eigenvalue weighted by Gasteiger charge is 2.25. The minimum atomic E-state index is -0.464. The highest BCUT2D eigenvalue weighted by atomic mass is 35.5. The fourth-order valence-corrected chi connectivity index (χ4v) is 1.66. The van der Waals surface area contributed by atoms with Gasteiger partial charge in [0.25, 0.3) is 0 Å². The summed E-state index contributed by atoms with van der Waals surface area (Å²) in [6.45, 7) is 0. The van der Waals surface area contributed by atoms with Crippen LogP contribution >= 0.6 is 23.4 Å². The minimum absolute atomic E-state index is 0.00833. The molecule has 56 valence electrons. The van der Waals surface area contributed by atoms with Crippen LogP contribution in [0.1, 0.15) is 6.42 Å². The fraction of sp³-hybridized carbons (Fsp3) is 0.600. The van der Waals surface area contributed by atoms with E-state index in [1.807, 2.05) is 0 Å². The van der Waals surface area contributed by atoms with Gasteiger partial charge >= 0.3 is 0 Å². The fourth-order valence-electron chi connectivity index (χ4n) is 0.713. The van der Waals surface area contributed by atoms with Crippen molar-refractivity contribution in [2.45, 2.75) is 12.5 Å². The van der Waals surface area contributed by atoms with Crippen LogP contribution in [0.2, 0.25) is 0 Å². The van der Waals surface area contributed by atoms with E-state index >= 15 is 0 Å². The Morgan fingerprint density at radius 2 is 2.60 bits per heavy atom. The summed E-state index contributed by atoms with van der Waals surface area (Å²) in [5.74, 6) is 0.591. The zero-order valence-electron chi connectivity index (χ0n) is 5.09. The molecule has 0 amide bonds. The third-order valence-electron chi connectivity index (χ3n) is 1.19. The average Bonchev–Trinajstić information content (AvgIpc) is 2.15. The molecule has 0 bridgehead atoms. The maximum atomic E-state index is 10.8. The van der Waals surface area contributed by atoms with Crippen LogP contribution < -0.4 is 5.32 Å².